The Morgan fingerprint density at radius 3 is 2.78 bits per heavy atom. The second-order valence-electron chi connectivity index (χ2n) is 6.13. The van der Waals surface area contributed by atoms with E-state index in [9.17, 15) is 9.18 Å². The lowest BCUT2D eigenvalue weighted by atomic mass is 9.92. The molecule has 1 amide bonds. The Labute approximate surface area is 138 Å². The van der Waals surface area contributed by atoms with Crippen LogP contribution in [0.4, 0.5) is 4.39 Å². The molecule has 0 N–H and O–H groups in total. The molecule has 1 aliphatic carbocycles. The third kappa shape index (κ3) is 2.51. The Morgan fingerprint density at radius 2 is 2.09 bits per heavy atom. The van der Waals surface area contributed by atoms with Gasteiger partial charge in [-0.1, -0.05) is 16.8 Å². The molecule has 1 unspecified atom stereocenters. The van der Waals surface area contributed by atoms with E-state index in [1.807, 2.05) is 4.90 Å². The summed E-state index contributed by atoms with van der Waals surface area (Å²) in [5, 5.41) is 8.40. The number of aromatic nitrogens is 3. The fourth-order valence-corrected chi connectivity index (χ4v) is 3.40. The largest absolute Gasteiger partial charge is 0.338 e. The number of likely N-dealkylation sites (tertiary alicyclic amines) is 1. The van der Waals surface area contributed by atoms with E-state index < -0.39 is 5.82 Å². The predicted octanol–water partition coefficient (Wildman–Crippen LogP) is 3.06. The van der Waals surface area contributed by atoms with Crippen molar-refractivity contribution >= 4 is 17.5 Å². The molecule has 1 aromatic carbocycles. The number of amides is 1. The molecule has 4 rings (SSSR count). The molecule has 7 heteroatoms. The predicted molar refractivity (Wildman–Crippen MR) is 83.4 cm³/mol. The zero-order valence-electron chi connectivity index (χ0n) is 12.5. The first-order valence-corrected chi connectivity index (χ1v) is 8.19. The van der Waals surface area contributed by atoms with Gasteiger partial charge in [0.25, 0.3) is 0 Å². The van der Waals surface area contributed by atoms with Crippen molar-refractivity contribution in [2.24, 2.45) is 0 Å². The lowest BCUT2D eigenvalue weighted by Crippen LogP contribution is -2.42. The number of halogens is 2. The summed E-state index contributed by atoms with van der Waals surface area (Å²) in [7, 11) is 0. The molecule has 2 aliphatic rings. The van der Waals surface area contributed by atoms with Crippen molar-refractivity contribution < 1.29 is 9.18 Å². The summed E-state index contributed by atoms with van der Waals surface area (Å²) in [6.45, 7) is 0.763. The molecule has 1 aliphatic heterocycles. The van der Waals surface area contributed by atoms with Crippen LogP contribution in [-0.4, -0.2) is 38.4 Å². The molecule has 0 bridgehead atoms. The summed E-state index contributed by atoms with van der Waals surface area (Å²) in [5.41, 5.74) is 0.746. The smallest absolute Gasteiger partial charge is 0.247 e. The van der Waals surface area contributed by atoms with Crippen molar-refractivity contribution in [1.29, 1.82) is 0 Å². The molecule has 0 radical (unpaired) electrons. The summed E-state index contributed by atoms with van der Waals surface area (Å²) in [6.07, 6.45) is 5.75. The number of carbonyl (C=O) groups is 1. The zero-order valence-corrected chi connectivity index (χ0v) is 13.2. The minimum absolute atomic E-state index is 0.0997. The van der Waals surface area contributed by atoms with Crippen LogP contribution in [0.15, 0.2) is 24.4 Å². The molecule has 120 valence electrons. The van der Waals surface area contributed by atoms with Gasteiger partial charge >= 0.3 is 0 Å². The van der Waals surface area contributed by atoms with Gasteiger partial charge in [-0.25, -0.2) is 9.07 Å². The molecular formula is C16H16ClFN4O. The van der Waals surface area contributed by atoms with Crippen LogP contribution in [0.25, 0.3) is 11.3 Å². The highest BCUT2D eigenvalue weighted by molar-refractivity contribution is 6.30. The fraction of sp³-hybridized carbons (Fsp3) is 0.438. The quantitative estimate of drug-likeness (QED) is 0.866. The van der Waals surface area contributed by atoms with Gasteiger partial charge < -0.3 is 4.90 Å². The first-order valence-electron chi connectivity index (χ1n) is 7.81. The highest BCUT2D eigenvalue weighted by Crippen LogP contribution is 2.33. The number of nitrogens with zero attached hydrogens (tertiary/aromatic N) is 4. The Bertz CT molecular complexity index is 758. The van der Waals surface area contributed by atoms with E-state index in [1.54, 1.807) is 23.0 Å². The summed E-state index contributed by atoms with van der Waals surface area (Å²) < 4.78 is 15.5. The first-order chi connectivity index (χ1) is 11.1. The highest BCUT2D eigenvalue weighted by atomic mass is 35.5. The number of benzene rings is 1. The number of hydrogen-bond donors (Lipinski definition) is 0. The van der Waals surface area contributed by atoms with E-state index in [0.29, 0.717) is 22.3 Å². The SMILES string of the molecule is O=C1C(n2cc(-c3ccc(Cl)cc3F)nn2)CCN1C1CCC1. The molecule has 1 atom stereocenters. The topological polar surface area (TPSA) is 51.0 Å². The van der Waals surface area contributed by atoms with Crippen LogP contribution in [0.5, 0.6) is 0 Å². The molecule has 1 saturated heterocycles. The third-order valence-corrected chi connectivity index (χ3v) is 5.00. The lowest BCUT2D eigenvalue weighted by molar-refractivity contribution is -0.134. The van der Waals surface area contributed by atoms with Gasteiger partial charge in [0.15, 0.2) is 0 Å². The van der Waals surface area contributed by atoms with Gasteiger partial charge in [0.2, 0.25) is 5.91 Å². The second-order valence-corrected chi connectivity index (χ2v) is 6.57. The minimum atomic E-state index is -0.446. The van der Waals surface area contributed by atoms with Crippen LogP contribution in [0.1, 0.15) is 31.7 Å². The van der Waals surface area contributed by atoms with Crippen molar-refractivity contribution in [2.45, 2.75) is 37.8 Å². The third-order valence-electron chi connectivity index (χ3n) is 4.76. The van der Waals surface area contributed by atoms with Gasteiger partial charge in [0.1, 0.15) is 17.6 Å². The molecule has 1 aromatic heterocycles. The number of hydrogen-bond acceptors (Lipinski definition) is 3. The highest BCUT2D eigenvalue weighted by Gasteiger charge is 2.39. The van der Waals surface area contributed by atoms with E-state index >= 15 is 0 Å². The normalized spacial score (nSPS) is 21.7. The van der Waals surface area contributed by atoms with Gasteiger partial charge in [0.05, 0.1) is 6.20 Å². The average molecular weight is 335 g/mol. The Kier molecular flexibility index (Phi) is 3.56. The van der Waals surface area contributed by atoms with Gasteiger partial charge in [-0.15, -0.1) is 5.10 Å². The van der Waals surface area contributed by atoms with Crippen LogP contribution >= 0.6 is 11.6 Å². The van der Waals surface area contributed by atoms with E-state index in [2.05, 4.69) is 10.3 Å². The Hall–Kier alpha value is -1.95. The van der Waals surface area contributed by atoms with Gasteiger partial charge in [-0.05, 0) is 43.9 Å². The Balaban J connectivity index is 1.57. The molecule has 1 saturated carbocycles. The average Bonchev–Trinajstić information content (AvgIpc) is 3.05. The van der Waals surface area contributed by atoms with Gasteiger partial charge in [-0.3, -0.25) is 4.79 Å². The zero-order chi connectivity index (χ0) is 16.0. The van der Waals surface area contributed by atoms with E-state index in [-0.39, 0.29) is 11.9 Å². The van der Waals surface area contributed by atoms with Crippen LogP contribution < -0.4 is 0 Å². The van der Waals surface area contributed by atoms with Crippen molar-refractivity contribution in [3.8, 4) is 11.3 Å². The Morgan fingerprint density at radius 1 is 1.26 bits per heavy atom. The van der Waals surface area contributed by atoms with Crippen molar-refractivity contribution in [3.05, 3.63) is 35.2 Å². The van der Waals surface area contributed by atoms with E-state index in [1.165, 1.54) is 12.5 Å². The van der Waals surface area contributed by atoms with Crippen LogP contribution in [-0.2, 0) is 4.79 Å². The summed E-state index contributed by atoms with van der Waals surface area (Å²) in [5.74, 6) is -0.346. The maximum absolute atomic E-state index is 14.0. The minimum Gasteiger partial charge on any atom is -0.338 e. The van der Waals surface area contributed by atoms with Crippen molar-refractivity contribution in [3.63, 3.8) is 0 Å². The van der Waals surface area contributed by atoms with Crippen LogP contribution in [0, 0.1) is 5.82 Å². The fourth-order valence-electron chi connectivity index (χ4n) is 3.24. The number of rotatable bonds is 3. The first kappa shape index (κ1) is 14.6. The summed E-state index contributed by atoms with van der Waals surface area (Å²) >= 11 is 5.77. The van der Waals surface area contributed by atoms with E-state index in [4.69, 9.17) is 11.6 Å². The molecule has 2 heterocycles. The molecule has 5 nitrogen and oxygen atoms in total. The number of carbonyl (C=O) groups excluding carboxylic acids is 1. The van der Waals surface area contributed by atoms with Crippen molar-refractivity contribution in [2.75, 3.05) is 6.54 Å². The lowest BCUT2D eigenvalue weighted by Gasteiger charge is -2.34. The molecule has 23 heavy (non-hydrogen) atoms. The molecular weight excluding hydrogens is 319 g/mol. The summed E-state index contributed by atoms with van der Waals surface area (Å²) in [6, 6.07) is 4.49. The van der Waals surface area contributed by atoms with Gasteiger partial charge in [0, 0.05) is 23.2 Å². The maximum atomic E-state index is 14.0. The second kappa shape index (κ2) is 5.60. The molecule has 0 spiro atoms. The van der Waals surface area contributed by atoms with Crippen molar-refractivity contribution in [1.82, 2.24) is 19.9 Å². The maximum Gasteiger partial charge on any atom is 0.247 e. The van der Waals surface area contributed by atoms with Crippen LogP contribution in [0.3, 0.4) is 0 Å². The van der Waals surface area contributed by atoms with Crippen LogP contribution in [0.2, 0.25) is 5.02 Å². The molecule has 2 aromatic rings. The molecule has 2 fully saturated rings. The van der Waals surface area contributed by atoms with E-state index in [0.717, 1.165) is 25.8 Å². The summed E-state index contributed by atoms with van der Waals surface area (Å²) in [4.78, 5) is 14.5. The monoisotopic (exact) mass is 334 g/mol. The standard InChI is InChI=1S/C16H16ClFN4O/c17-10-4-5-12(13(18)8-10)14-9-22(20-19-14)15-6-7-21(16(15)23)11-2-1-3-11/h4-5,8-9,11,15H,1-3,6-7H2. The van der Waals surface area contributed by atoms with Gasteiger partial charge in [-0.2, -0.15) is 0 Å².